The Bertz CT molecular complexity index is 783. The van der Waals surface area contributed by atoms with Crippen molar-refractivity contribution in [2.24, 2.45) is 0 Å². The van der Waals surface area contributed by atoms with Crippen molar-refractivity contribution in [3.63, 3.8) is 0 Å². The second-order valence-electron chi connectivity index (χ2n) is 4.05. The predicted molar refractivity (Wildman–Crippen MR) is 71.2 cm³/mol. The Balaban J connectivity index is 2.40. The van der Waals surface area contributed by atoms with Crippen molar-refractivity contribution in [1.82, 2.24) is 0 Å². The number of rotatable bonds is 0. The minimum absolute atomic E-state index is 0.0156. The van der Waals surface area contributed by atoms with Gasteiger partial charge in [-0.05, 0) is 34.7 Å². The van der Waals surface area contributed by atoms with Crippen molar-refractivity contribution in [2.75, 3.05) is 0 Å². The first-order valence-corrected chi connectivity index (χ1v) is 6.02. The summed E-state index contributed by atoms with van der Waals surface area (Å²) in [5, 5.41) is 1.58. The third kappa shape index (κ3) is 1.57. The van der Waals surface area contributed by atoms with E-state index in [2.05, 4.69) is 0 Å². The first kappa shape index (κ1) is 11.5. The van der Waals surface area contributed by atoms with Crippen LogP contribution in [0.3, 0.4) is 0 Å². The summed E-state index contributed by atoms with van der Waals surface area (Å²) in [5.74, 6) is -0.384. The van der Waals surface area contributed by atoms with Crippen molar-refractivity contribution in [3.05, 3.63) is 55.9 Å². The fourth-order valence-electron chi connectivity index (χ4n) is 2.06. The van der Waals surface area contributed by atoms with E-state index in [0.717, 1.165) is 5.22 Å². The quantitative estimate of drug-likeness (QED) is 0.725. The summed E-state index contributed by atoms with van der Waals surface area (Å²) >= 11 is 11.7. The van der Waals surface area contributed by atoms with Gasteiger partial charge in [0.05, 0.1) is 5.03 Å². The van der Waals surface area contributed by atoms with Gasteiger partial charge in [0.1, 0.15) is 5.03 Å². The van der Waals surface area contributed by atoms with E-state index in [4.69, 9.17) is 23.2 Å². The highest BCUT2D eigenvalue weighted by atomic mass is 35.5. The lowest BCUT2D eigenvalue weighted by Crippen LogP contribution is -2.28. The smallest absolute Gasteiger partial charge is 0.206 e. The number of ketones is 2. The van der Waals surface area contributed by atoms with E-state index in [0.29, 0.717) is 16.3 Å². The molecule has 0 saturated carbocycles. The van der Waals surface area contributed by atoms with Crippen molar-refractivity contribution < 1.29 is 9.59 Å². The maximum atomic E-state index is 12.0. The standard InChI is InChI=1S/C14H6Cl2O2/c15-11-6-8-5-9-7(2-1-3-12(9)17)4-10(8)14(18)13(11)16/h1-6H. The van der Waals surface area contributed by atoms with Crippen LogP contribution in [0.4, 0.5) is 0 Å². The van der Waals surface area contributed by atoms with E-state index < -0.39 is 0 Å². The molecule has 1 aromatic carbocycles. The van der Waals surface area contributed by atoms with Crippen molar-refractivity contribution >= 4 is 46.9 Å². The third-order valence-electron chi connectivity index (χ3n) is 2.95. The topological polar surface area (TPSA) is 34.1 Å². The highest BCUT2D eigenvalue weighted by Gasteiger charge is 2.21. The van der Waals surface area contributed by atoms with Crippen molar-refractivity contribution in [3.8, 4) is 0 Å². The molecule has 0 bridgehead atoms. The number of halogens is 2. The molecule has 0 saturated heterocycles. The molecule has 0 amide bonds. The first-order valence-electron chi connectivity index (χ1n) is 5.26. The van der Waals surface area contributed by atoms with E-state index in [-0.39, 0.29) is 21.6 Å². The molecule has 0 N–H and O–H groups in total. The van der Waals surface area contributed by atoms with Crippen LogP contribution in [0.2, 0.25) is 0 Å². The number of allylic oxidation sites excluding steroid dienone is 4. The molecule has 3 rings (SSSR count). The van der Waals surface area contributed by atoms with Gasteiger partial charge >= 0.3 is 0 Å². The molecule has 2 aliphatic rings. The van der Waals surface area contributed by atoms with Crippen LogP contribution < -0.4 is 10.4 Å². The number of fused-ring (bicyclic) bond motifs is 2. The van der Waals surface area contributed by atoms with Gasteiger partial charge < -0.3 is 0 Å². The molecule has 0 unspecified atom stereocenters. The molecule has 2 nitrogen and oxygen atoms in total. The zero-order valence-corrected chi connectivity index (χ0v) is 10.5. The summed E-state index contributed by atoms with van der Waals surface area (Å²) in [6.07, 6.45) is 6.55. The highest BCUT2D eigenvalue weighted by molar-refractivity contribution is 6.52. The molecular formula is C14H6Cl2O2. The lowest BCUT2D eigenvalue weighted by atomic mass is 9.95. The Morgan fingerprint density at radius 1 is 0.944 bits per heavy atom. The lowest BCUT2D eigenvalue weighted by molar-refractivity contribution is 0.103. The van der Waals surface area contributed by atoms with Gasteiger partial charge in [-0.2, -0.15) is 0 Å². The molecule has 88 valence electrons. The van der Waals surface area contributed by atoms with Crippen LogP contribution in [-0.4, -0.2) is 11.6 Å². The molecule has 0 spiro atoms. The fourth-order valence-corrected chi connectivity index (χ4v) is 2.42. The molecule has 0 aliphatic heterocycles. The number of Topliss-reactive ketones (excluding diaryl/α,β-unsaturated/α-hetero) is 1. The highest BCUT2D eigenvalue weighted by Crippen LogP contribution is 2.22. The van der Waals surface area contributed by atoms with Gasteiger partial charge in [0.15, 0.2) is 5.78 Å². The van der Waals surface area contributed by atoms with Crippen LogP contribution in [-0.2, 0) is 0 Å². The van der Waals surface area contributed by atoms with Gasteiger partial charge in [-0.3, -0.25) is 9.59 Å². The second-order valence-corrected chi connectivity index (χ2v) is 4.84. The summed E-state index contributed by atoms with van der Waals surface area (Å²) in [6.45, 7) is 0. The van der Waals surface area contributed by atoms with Crippen LogP contribution in [0.15, 0.2) is 34.3 Å². The Labute approximate surface area is 113 Å². The van der Waals surface area contributed by atoms with Gasteiger partial charge in [-0.15, -0.1) is 0 Å². The largest absolute Gasteiger partial charge is 0.289 e. The Morgan fingerprint density at radius 3 is 2.44 bits per heavy atom. The van der Waals surface area contributed by atoms with Crippen LogP contribution in [0.25, 0.3) is 12.2 Å². The van der Waals surface area contributed by atoms with E-state index in [1.165, 1.54) is 6.08 Å². The molecule has 2 aliphatic carbocycles. The Morgan fingerprint density at radius 2 is 1.67 bits per heavy atom. The van der Waals surface area contributed by atoms with Gasteiger partial charge in [0.25, 0.3) is 0 Å². The third-order valence-corrected chi connectivity index (χ3v) is 3.72. The SMILES string of the molecule is O=C1C=CC=c2cc3c(cc21)=CC(Cl)=C(Cl)C3=O. The summed E-state index contributed by atoms with van der Waals surface area (Å²) < 4.78 is 0. The summed E-state index contributed by atoms with van der Waals surface area (Å²) in [7, 11) is 0. The van der Waals surface area contributed by atoms with Crippen LogP contribution in [0, 0.1) is 0 Å². The molecule has 0 aromatic heterocycles. The molecule has 0 fully saturated rings. The van der Waals surface area contributed by atoms with Crippen LogP contribution >= 0.6 is 23.2 Å². The molecule has 0 heterocycles. The normalized spacial score (nSPS) is 17.0. The minimum atomic E-state index is -0.308. The zero-order chi connectivity index (χ0) is 12.9. The average molecular weight is 277 g/mol. The monoisotopic (exact) mass is 276 g/mol. The maximum Gasteiger partial charge on any atom is 0.206 e. The molecule has 1 aromatic rings. The molecule has 4 heteroatoms. The molecular weight excluding hydrogens is 271 g/mol. The van der Waals surface area contributed by atoms with Gasteiger partial charge in [-0.1, -0.05) is 35.4 Å². The van der Waals surface area contributed by atoms with Crippen LogP contribution in [0.1, 0.15) is 20.7 Å². The number of carbonyl (C=O) groups is 2. The van der Waals surface area contributed by atoms with Gasteiger partial charge in [0.2, 0.25) is 5.78 Å². The van der Waals surface area contributed by atoms with Gasteiger partial charge in [0, 0.05) is 11.1 Å². The summed E-state index contributed by atoms with van der Waals surface area (Å²) in [4.78, 5) is 23.7. The van der Waals surface area contributed by atoms with E-state index in [9.17, 15) is 9.59 Å². The zero-order valence-electron chi connectivity index (χ0n) is 9.04. The lowest BCUT2D eigenvalue weighted by Gasteiger charge is -2.11. The van der Waals surface area contributed by atoms with Crippen LogP contribution in [0.5, 0.6) is 0 Å². The van der Waals surface area contributed by atoms with E-state index >= 15 is 0 Å². The van der Waals surface area contributed by atoms with Crippen molar-refractivity contribution in [2.45, 2.75) is 0 Å². The minimum Gasteiger partial charge on any atom is -0.289 e. The molecule has 18 heavy (non-hydrogen) atoms. The molecule has 0 atom stereocenters. The summed E-state index contributed by atoms with van der Waals surface area (Å²) in [6, 6.07) is 3.35. The maximum absolute atomic E-state index is 12.0. The molecule has 0 radical (unpaired) electrons. The number of benzene rings is 1. The summed E-state index contributed by atoms with van der Waals surface area (Å²) in [5.41, 5.74) is 1.05. The second kappa shape index (κ2) is 3.94. The number of carbonyl (C=O) groups excluding carboxylic acids is 2. The number of hydrogen-bond donors (Lipinski definition) is 0. The Hall–Kier alpha value is -1.64. The number of hydrogen-bond acceptors (Lipinski definition) is 2. The van der Waals surface area contributed by atoms with E-state index in [1.54, 1.807) is 30.4 Å². The predicted octanol–water partition coefficient (Wildman–Crippen LogP) is 1.89. The fraction of sp³-hybridized carbons (Fsp3) is 0. The van der Waals surface area contributed by atoms with Gasteiger partial charge in [-0.25, -0.2) is 0 Å². The Kier molecular flexibility index (Phi) is 2.51. The first-order chi connectivity index (χ1) is 8.58. The van der Waals surface area contributed by atoms with Crippen molar-refractivity contribution in [1.29, 1.82) is 0 Å². The van der Waals surface area contributed by atoms with E-state index in [1.807, 2.05) is 0 Å². The average Bonchev–Trinajstić information content (AvgIpc) is 2.36.